The summed E-state index contributed by atoms with van der Waals surface area (Å²) in [5, 5.41) is 0. The van der Waals surface area contributed by atoms with E-state index in [1.807, 2.05) is 6.08 Å². The molecule has 1 saturated carbocycles. The van der Waals surface area contributed by atoms with E-state index in [2.05, 4.69) is 20.8 Å². The molecule has 0 aromatic carbocycles. The van der Waals surface area contributed by atoms with Crippen LogP contribution in [0.2, 0.25) is 0 Å². The van der Waals surface area contributed by atoms with Crippen LogP contribution in [0.25, 0.3) is 0 Å². The first-order valence-corrected chi connectivity index (χ1v) is 5.72. The molecular weight excluding hydrogens is 172 g/mol. The first kappa shape index (κ1) is 9.95. The summed E-state index contributed by atoms with van der Waals surface area (Å²) in [6.07, 6.45) is 6.45. The molecule has 0 spiro atoms. The van der Waals surface area contributed by atoms with Crippen LogP contribution < -0.4 is 0 Å². The third-order valence-corrected chi connectivity index (χ3v) is 3.90. The summed E-state index contributed by atoms with van der Waals surface area (Å²) >= 11 is 0. The smallest absolute Gasteiger partial charge is 0.156 e. The Morgan fingerprint density at radius 1 is 1.36 bits per heavy atom. The molecule has 1 fully saturated rings. The van der Waals surface area contributed by atoms with Crippen LogP contribution in [0.5, 0.6) is 0 Å². The van der Waals surface area contributed by atoms with Gasteiger partial charge in [-0.1, -0.05) is 26.3 Å². The largest absolute Gasteiger partial charge is 0.295 e. The predicted octanol–water partition coefficient (Wildman–Crippen LogP) is 3.35. The van der Waals surface area contributed by atoms with E-state index < -0.39 is 0 Å². The van der Waals surface area contributed by atoms with E-state index in [0.717, 1.165) is 18.8 Å². The summed E-state index contributed by atoms with van der Waals surface area (Å²) in [5.74, 6) is 1.80. The molecule has 0 N–H and O–H groups in total. The number of ketones is 1. The molecule has 78 valence electrons. The van der Waals surface area contributed by atoms with Crippen molar-refractivity contribution in [3.63, 3.8) is 0 Å². The molecule has 0 amide bonds. The van der Waals surface area contributed by atoms with Crippen LogP contribution in [-0.2, 0) is 4.79 Å². The van der Waals surface area contributed by atoms with Gasteiger partial charge in [0.1, 0.15) is 0 Å². The molecule has 0 aromatic heterocycles. The van der Waals surface area contributed by atoms with E-state index in [-0.39, 0.29) is 5.41 Å². The van der Waals surface area contributed by atoms with Crippen molar-refractivity contribution < 1.29 is 4.79 Å². The molecule has 0 aliphatic heterocycles. The van der Waals surface area contributed by atoms with E-state index >= 15 is 0 Å². The molecule has 1 heteroatoms. The zero-order valence-electron chi connectivity index (χ0n) is 9.47. The molecule has 14 heavy (non-hydrogen) atoms. The number of allylic oxidation sites excluding steroid dienone is 2. The molecule has 2 atom stereocenters. The molecule has 1 nitrogen and oxygen atoms in total. The maximum Gasteiger partial charge on any atom is 0.156 e. The van der Waals surface area contributed by atoms with Crippen LogP contribution in [0, 0.1) is 17.3 Å². The Balaban J connectivity index is 2.29. The van der Waals surface area contributed by atoms with Gasteiger partial charge in [-0.3, -0.25) is 4.79 Å². The lowest BCUT2D eigenvalue weighted by atomic mass is 9.62. The summed E-state index contributed by atoms with van der Waals surface area (Å²) in [4.78, 5) is 11.6. The number of carbonyl (C=O) groups is 1. The van der Waals surface area contributed by atoms with Gasteiger partial charge < -0.3 is 0 Å². The summed E-state index contributed by atoms with van der Waals surface area (Å²) < 4.78 is 0. The Bertz CT molecular complexity index is 286. The lowest BCUT2D eigenvalue weighted by Gasteiger charge is -2.42. The monoisotopic (exact) mass is 192 g/mol. The van der Waals surface area contributed by atoms with Gasteiger partial charge in [0.25, 0.3) is 0 Å². The summed E-state index contributed by atoms with van der Waals surface area (Å²) in [6.45, 7) is 6.79. The van der Waals surface area contributed by atoms with Crippen molar-refractivity contribution in [1.29, 1.82) is 0 Å². The molecule has 2 rings (SSSR count). The minimum Gasteiger partial charge on any atom is -0.295 e. The molecule has 0 bridgehead atoms. The van der Waals surface area contributed by atoms with Crippen LogP contribution in [0.1, 0.15) is 46.5 Å². The van der Waals surface area contributed by atoms with Crippen LogP contribution in [-0.4, -0.2) is 5.78 Å². The zero-order chi connectivity index (χ0) is 10.3. The summed E-state index contributed by atoms with van der Waals surface area (Å²) in [6, 6.07) is 0. The minimum atomic E-state index is 0.210. The van der Waals surface area contributed by atoms with Crippen LogP contribution in [0.15, 0.2) is 11.6 Å². The van der Waals surface area contributed by atoms with Crippen molar-refractivity contribution in [3.05, 3.63) is 11.6 Å². The maximum atomic E-state index is 11.6. The van der Waals surface area contributed by atoms with Gasteiger partial charge in [0, 0.05) is 6.42 Å². The van der Waals surface area contributed by atoms with E-state index in [9.17, 15) is 4.79 Å². The topological polar surface area (TPSA) is 17.1 Å². The Labute approximate surface area is 86.6 Å². The third-order valence-electron chi connectivity index (χ3n) is 3.90. The highest BCUT2D eigenvalue weighted by molar-refractivity contribution is 5.92. The average molecular weight is 192 g/mol. The molecular formula is C13H20O. The number of hydrogen-bond donors (Lipinski definition) is 0. The van der Waals surface area contributed by atoms with E-state index in [1.165, 1.54) is 18.4 Å². The van der Waals surface area contributed by atoms with Crippen LogP contribution >= 0.6 is 0 Å². The van der Waals surface area contributed by atoms with E-state index in [0.29, 0.717) is 11.7 Å². The third kappa shape index (κ3) is 1.65. The van der Waals surface area contributed by atoms with Crippen molar-refractivity contribution >= 4 is 5.78 Å². The summed E-state index contributed by atoms with van der Waals surface area (Å²) in [7, 11) is 0. The van der Waals surface area contributed by atoms with Gasteiger partial charge in [0.15, 0.2) is 5.78 Å². The number of hydrogen-bond acceptors (Lipinski definition) is 1. The summed E-state index contributed by atoms with van der Waals surface area (Å²) in [5.41, 5.74) is 1.64. The van der Waals surface area contributed by atoms with Gasteiger partial charge >= 0.3 is 0 Å². The second-order valence-electron chi connectivity index (χ2n) is 5.79. The Hall–Kier alpha value is -0.590. The first-order valence-electron chi connectivity index (χ1n) is 5.72. The Kier molecular flexibility index (Phi) is 2.29. The molecule has 0 saturated heterocycles. The van der Waals surface area contributed by atoms with Gasteiger partial charge in [0.2, 0.25) is 0 Å². The van der Waals surface area contributed by atoms with Crippen molar-refractivity contribution in [2.45, 2.75) is 46.5 Å². The minimum absolute atomic E-state index is 0.210. The number of carbonyl (C=O) groups excluding carboxylic acids is 1. The average Bonchev–Trinajstić information content (AvgIpc) is 2.00. The maximum absolute atomic E-state index is 11.6. The highest BCUT2D eigenvalue weighted by Gasteiger charge is 2.39. The fraction of sp³-hybridized carbons (Fsp3) is 0.769. The van der Waals surface area contributed by atoms with E-state index in [1.54, 1.807) is 0 Å². The second-order valence-corrected chi connectivity index (χ2v) is 5.79. The highest BCUT2D eigenvalue weighted by atomic mass is 16.1. The molecule has 0 aromatic rings. The quantitative estimate of drug-likeness (QED) is 0.575. The Morgan fingerprint density at radius 2 is 2.07 bits per heavy atom. The molecule has 0 heterocycles. The van der Waals surface area contributed by atoms with Crippen LogP contribution in [0.3, 0.4) is 0 Å². The van der Waals surface area contributed by atoms with Gasteiger partial charge in [-0.05, 0) is 42.6 Å². The standard InChI is InChI=1S/C13H20O/c1-9-4-5-12-10(6-9)7-11(14)8-13(12,2)3/h7,9,12H,4-6,8H2,1-3H3/t9-,12-/m0/s1. The van der Waals surface area contributed by atoms with Crippen molar-refractivity contribution in [2.24, 2.45) is 17.3 Å². The second kappa shape index (κ2) is 3.22. The molecule has 2 aliphatic rings. The van der Waals surface area contributed by atoms with Gasteiger partial charge in [-0.25, -0.2) is 0 Å². The SMILES string of the molecule is C[C@H]1CC[C@H]2C(=CC(=O)CC2(C)C)C1. The van der Waals surface area contributed by atoms with E-state index in [4.69, 9.17) is 0 Å². The number of rotatable bonds is 0. The normalized spacial score (nSPS) is 36.2. The predicted molar refractivity (Wildman–Crippen MR) is 58.0 cm³/mol. The van der Waals surface area contributed by atoms with Gasteiger partial charge in [-0.15, -0.1) is 0 Å². The molecule has 0 unspecified atom stereocenters. The lowest BCUT2D eigenvalue weighted by Crippen LogP contribution is -2.35. The zero-order valence-corrected chi connectivity index (χ0v) is 9.47. The first-order chi connectivity index (χ1) is 6.49. The fourth-order valence-electron chi connectivity index (χ4n) is 3.17. The highest BCUT2D eigenvalue weighted by Crippen LogP contribution is 2.47. The molecule has 2 aliphatic carbocycles. The van der Waals surface area contributed by atoms with Gasteiger partial charge in [-0.2, -0.15) is 0 Å². The van der Waals surface area contributed by atoms with Crippen molar-refractivity contribution in [3.8, 4) is 0 Å². The lowest BCUT2D eigenvalue weighted by molar-refractivity contribution is -0.118. The Morgan fingerprint density at radius 3 is 2.79 bits per heavy atom. The fourth-order valence-corrected chi connectivity index (χ4v) is 3.17. The van der Waals surface area contributed by atoms with Gasteiger partial charge in [0.05, 0.1) is 0 Å². The van der Waals surface area contributed by atoms with Crippen molar-refractivity contribution in [1.82, 2.24) is 0 Å². The number of fused-ring (bicyclic) bond motifs is 1. The molecule has 0 radical (unpaired) electrons. The van der Waals surface area contributed by atoms with Crippen LogP contribution in [0.4, 0.5) is 0 Å². The van der Waals surface area contributed by atoms with Crippen molar-refractivity contribution in [2.75, 3.05) is 0 Å².